The lowest BCUT2D eigenvalue weighted by atomic mass is 10.3. The third kappa shape index (κ3) is 2.59. The lowest BCUT2D eigenvalue weighted by Crippen LogP contribution is -2.24. The van der Waals surface area contributed by atoms with Crippen LogP contribution in [0.5, 0.6) is 0 Å². The van der Waals surface area contributed by atoms with Gasteiger partial charge < -0.3 is 15.9 Å². The van der Waals surface area contributed by atoms with Crippen LogP contribution in [0.1, 0.15) is 4.71 Å². The van der Waals surface area contributed by atoms with E-state index in [1.54, 1.807) is 12.3 Å². The first kappa shape index (κ1) is 12.7. The van der Waals surface area contributed by atoms with Crippen LogP contribution in [0.3, 0.4) is 0 Å². The van der Waals surface area contributed by atoms with Crippen LogP contribution in [-0.4, -0.2) is 43.5 Å². The summed E-state index contributed by atoms with van der Waals surface area (Å²) in [4.78, 5) is 15.3. The topological polar surface area (TPSA) is 101 Å². The van der Waals surface area contributed by atoms with Crippen molar-refractivity contribution < 1.29 is 10.2 Å². The number of nitrogens with two attached hydrogens (primary N) is 1. The van der Waals surface area contributed by atoms with Crippen LogP contribution < -0.4 is 11.4 Å². The maximum atomic E-state index is 11.6. The van der Waals surface area contributed by atoms with E-state index in [1.807, 2.05) is 0 Å². The minimum Gasteiger partial charge on any atom is -0.395 e. The van der Waals surface area contributed by atoms with E-state index in [-0.39, 0.29) is 34.2 Å². The molecule has 1 saturated heterocycles. The normalized spacial score (nSPS) is 25.3. The zero-order chi connectivity index (χ0) is 12.4. The van der Waals surface area contributed by atoms with Crippen molar-refractivity contribution in [1.29, 1.82) is 0 Å². The number of anilines is 1. The quantitative estimate of drug-likeness (QED) is 0.682. The van der Waals surface area contributed by atoms with Crippen LogP contribution in [-0.2, 0) is 0 Å². The van der Waals surface area contributed by atoms with Crippen molar-refractivity contribution in [3.8, 4) is 0 Å². The molecule has 0 radical (unpaired) electrons. The molecule has 2 rings (SSSR count). The number of aliphatic hydroxyl groups excluding tert-OH is 2. The Bertz CT molecular complexity index is 441. The molecule has 0 saturated carbocycles. The number of nitrogen functional groups attached to an aromatic ring is 1. The molecule has 0 aromatic carbocycles. The van der Waals surface area contributed by atoms with Gasteiger partial charge in [-0.3, -0.25) is 4.57 Å². The summed E-state index contributed by atoms with van der Waals surface area (Å²) in [5.74, 6) is 0.191. The molecule has 0 aliphatic carbocycles. The van der Waals surface area contributed by atoms with Crippen LogP contribution in [0.25, 0.3) is 0 Å². The van der Waals surface area contributed by atoms with E-state index in [4.69, 9.17) is 5.73 Å². The zero-order valence-electron chi connectivity index (χ0n) is 8.89. The Morgan fingerprint density at radius 2 is 1.94 bits per heavy atom. The third-order valence-corrected chi connectivity index (χ3v) is 5.85. The van der Waals surface area contributed by atoms with Crippen LogP contribution in [0, 0.1) is 0 Å². The summed E-state index contributed by atoms with van der Waals surface area (Å²) in [6, 6.07) is 1.56. The first-order chi connectivity index (χ1) is 8.15. The summed E-state index contributed by atoms with van der Waals surface area (Å²) in [5, 5.41) is 18.2. The van der Waals surface area contributed by atoms with E-state index in [0.29, 0.717) is 0 Å². The van der Waals surface area contributed by atoms with Crippen molar-refractivity contribution in [3.63, 3.8) is 0 Å². The van der Waals surface area contributed by atoms with Crippen LogP contribution >= 0.6 is 23.5 Å². The predicted octanol–water partition coefficient (Wildman–Crippen LogP) is -0.517. The molecule has 6 nitrogen and oxygen atoms in total. The highest BCUT2D eigenvalue weighted by atomic mass is 32.2. The average molecular weight is 275 g/mol. The summed E-state index contributed by atoms with van der Waals surface area (Å²) in [6.45, 7) is -0.0346. The van der Waals surface area contributed by atoms with E-state index >= 15 is 0 Å². The molecule has 0 spiro atoms. The minimum atomic E-state index is -0.412. The largest absolute Gasteiger partial charge is 0.395 e. The molecule has 2 heterocycles. The highest BCUT2D eigenvalue weighted by Crippen LogP contribution is 2.49. The molecule has 1 aliphatic heterocycles. The lowest BCUT2D eigenvalue weighted by molar-refractivity contribution is 0.254. The Balaban J connectivity index is 2.22. The van der Waals surface area contributed by atoms with Gasteiger partial charge in [0.25, 0.3) is 0 Å². The second kappa shape index (κ2) is 5.30. The van der Waals surface area contributed by atoms with Crippen molar-refractivity contribution >= 4 is 29.3 Å². The van der Waals surface area contributed by atoms with Gasteiger partial charge in [0.15, 0.2) is 0 Å². The van der Waals surface area contributed by atoms with Gasteiger partial charge in [-0.25, -0.2) is 4.79 Å². The average Bonchev–Trinajstić information content (AvgIpc) is 2.72. The molecule has 1 aromatic heterocycles. The number of nitrogens with zero attached hydrogens (tertiary/aromatic N) is 2. The highest BCUT2D eigenvalue weighted by molar-refractivity contribution is 8.19. The van der Waals surface area contributed by atoms with E-state index in [2.05, 4.69) is 4.98 Å². The van der Waals surface area contributed by atoms with E-state index in [0.717, 1.165) is 0 Å². The molecule has 0 unspecified atom stereocenters. The fourth-order valence-corrected chi connectivity index (χ4v) is 4.92. The van der Waals surface area contributed by atoms with Gasteiger partial charge in [0, 0.05) is 16.7 Å². The molecule has 94 valence electrons. The maximum Gasteiger partial charge on any atom is 0.351 e. The Labute approximate surface area is 106 Å². The monoisotopic (exact) mass is 275 g/mol. The molecule has 17 heavy (non-hydrogen) atoms. The maximum absolute atomic E-state index is 11.6. The second-order valence-electron chi connectivity index (χ2n) is 3.56. The van der Waals surface area contributed by atoms with Gasteiger partial charge in [0.05, 0.1) is 13.2 Å². The zero-order valence-corrected chi connectivity index (χ0v) is 10.5. The number of hydrogen-bond acceptors (Lipinski definition) is 7. The van der Waals surface area contributed by atoms with Crippen molar-refractivity contribution in [3.05, 3.63) is 22.7 Å². The Hall–Kier alpha value is -0.700. The van der Waals surface area contributed by atoms with E-state index in [1.165, 1.54) is 28.1 Å². The molecule has 4 N–H and O–H groups in total. The Morgan fingerprint density at radius 3 is 2.41 bits per heavy atom. The van der Waals surface area contributed by atoms with E-state index < -0.39 is 5.69 Å². The van der Waals surface area contributed by atoms with Crippen LogP contribution in [0.2, 0.25) is 0 Å². The highest BCUT2D eigenvalue weighted by Gasteiger charge is 2.36. The number of rotatable bonds is 3. The molecule has 0 amide bonds. The van der Waals surface area contributed by atoms with Gasteiger partial charge in [-0.05, 0) is 6.07 Å². The van der Waals surface area contributed by atoms with Crippen molar-refractivity contribution in [2.75, 3.05) is 18.9 Å². The summed E-state index contributed by atoms with van der Waals surface area (Å²) < 4.78 is 1.29. The molecule has 1 aliphatic rings. The molecule has 2 atom stereocenters. The van der Waals surface area contributed by atoms with Crippen LogP contribution in [0.4, 0.5) is 5.82 Å². The van der Waals surface area contributed by atoms with Gasteiger partial charge in [-0.1, -0.05) is 0 Å². The van der Waals surface area contributed by atoms with Gasteiger partial charge in [-0.2, -0.15) is 4.98 Å². The van der Waals surface area contributed by atoms with Gasteiger partial charge >= 0.3 is 5.69 Å². The molecular weight excluding hydrogens is 262 g/mol. The first-order valence-electron chi connectivity index (χ1n) is 5.03. The lowest BCUT2D eigenvalue weighted by Gasteiger charge is -2.11. The predicted molar refractivity (Wildman–Crippen MR) is 68.9 cm³/mol. The number of hydrogen-bond donors (Lipinski definition) is 3. The molecular formula is C9H13N3O3S2. The van der Waals surface area contributed by atoms with Gasteiger partial charge in [-0.15, -0.1) is 23.5 Å². The standard InChI is InChI=1S/C9H13N3O3S2/c10-7-1-2-12(8(15)11-7)9-16-5(3-13)6(4-14)17-9/h1-2,5-6,9,13-14H,3-4H2,(H2,10,11,15)/t5-,6-/m1/s1. The Morgan fingerprint density at radius 1 is 1.35 bits per heavy atom. The molecule has 1 fully saturated rings. The smallest absolute Gasteiger partial charge is 0.351 e. The Kier molecular flexibility index (Phi) is 3.97. The SMILES string of the molecule is Nc1ccn(C2S[C@H](CO)[C@@H](CO)S2)c(=O)n1. The van der Waals surface area contributed by atoms with E-state index in [9.17, 15) is 15.0 Å². The van der Waals surface area contributed by atoms with Gasteiger partial charge in [0.1, 0.15) is 10.5 Å². The molecule has 1 aromatic rings. The summed E-state index contributed by atoms with van der Waals surface area (Å²) in [7, 11) is 0. The van der Waals surface area contributed by atoms with Crippen molar-refractivity contribution in [2.45, 2.75) is 15.2 Å². The minimum absolute atomic E-state index is 0.0173. The molecule has 0 bridgehead atoms. The summed E-state index contributed by atoms with van der Waals surface area (Å²) in [5.41, 5.74) is 5.00. The number of aliphatic hydroxyl groups is 2. The first-order valence-corrected chi connectivity index (χ1v) is 6.91. The fourth-order valence-electron chi connectivity index (χ4n) is 1.55. The summed E-state index contributed by atoms with van der Waals surface area (Å²) in [6.07, 6.45) is 1.59. The number of aromatic nitrogens is 2. The number of thioether (sulfide) groups is 2. The van der Waals surface area contributed by atoms with Crippen LogP contribution in [0.15, 0.2) is 17.1 Å². The second-order valence-corrected chi connectivity index (χ2v) is 6.51. The van der Waals surface area contributed by atoms with Crippen molar-refractivity contribution in [1.82, 2.24) is 9.55 Å². The molecule has 8 heteroatoms. The summed E-state index contributed by atoms with van der Waals surface area (Å²) >= 11 is 2.90. The fraction of sp³-hybridized carbons (Fsp3) is 0.556. The van der Waals surface area contributed by atoms with Gasteiger partial charge in [0.2, 0.25) is 0 Å². The third-order valence-electron chi connectivity index (χ3n) is 2.44. The van der Waals surface area contributed by atoms with Crippen molar-refractivity contribution in [2.24, 2.45) is 0 Å².